The van der Waals surface area contributed by atoms with E-state index in [-0.39, 0.29) is 29.3 Å². The van der Waals surface area contributed by atoms with Crippen LogP contribution in [0.25, 0.3) is 0 Å². The number of hydrogen-bond donors (Lipinski definition) is 4. The molecular weight excluding hydrogens is 387 g/mol. The summed E-state index contributed by atoms with van der Waals surface area (Å²) in [5, 5.41) is 6.12. The van der Waals surface area contributed by atoms with Gasteiger partial charge in [-0.1, -0.05) is 26.7 Å². The predicted molar refractivity (Wildman–Crippen MR) is 114 cm³/mol. The van der Waals surface area contributed by atoms with Crippen molar-refractivity contribution < 1.29 is 13.9 Å². The summed E-state index contributed by atoms with van der Waals surface area (Å²) in [6, 6.07) is 4.31. The lowest BCUT2D eigenvalue weighted by Crippen LogP contribution is -2.43. The van der Waals surface area contributed by atoms with Crippen LogP contribution in [0, 0.1) is 11.7 Å². The van der Waals surface area contributed by atoms with E-state index in [9.17, 15) is 9.18 Å². The number of anilines is 3. The molecule has 2 aromatic rings. The van der Waals surface area contributed by atoms with Gasteiger partial charge in [-0.15, -0.1) is 0 Å². The van der Waals surface area contributed by atoms with Gasteiger partial charge in [-0.25, -0.2) is 14.4 Å². The van der Waals surface area contributed by atoms with Gasteiger partial charge in [0.1, 0.15) is 5.82 Å². The van der Waals surface area contributed by atoms with Crippen molar-refractivity contribution in [2.75, 3.05) is 17.2 Å². The Labute approximate surface area is 175 Å². The minimum absolute atomic E-state index is 0.0372. The summed E-state index contributed by atoms with van der Waals surface area (Å²) in [6.07, 6.45) is 5.37. The molecule has 1 aliphatic carbocycles. The SMILES string of the molecule is CC(C)COc1cc(Nc2nc(NC3CCCC[C@@H]3N)c(F)cc2C(N)=O)ccn1. The van der Waals surface area contributed by atoms with E-state index in [0.29, 0.717) is 24.1 Å². The van der Waals surface area contributed by atoms with Crippen LogP contribution in [0.5, 0.6) is 5.88 Å². The lowest BCUT2D eigenvalue weighted by atomic mass is 9.91. The molecule has 2 atom stereocenters. The first-order valence-electron chi connectivity index (χ1n) is 10.2. The molecule has 1 fully saturated rings. The van der Waals surface area contributed by atoms with Crippen molar-refractivity contribution in [3.8, 4) is 5.88 Å². The lowest BCUT2D eigenvalue weighted by Gasteiger charge is -2.30. The van der Waals surface area contributed by atoms with Gasteiger partial charge in [0.05, 0.1) is 12.2 Å². The highest BCUT2D eigenvalue weighted by Crippen LogP contribution is 2.27. The molecule has 162 valence electrons. The minimum atomic E-state index is -0.782. The van der Waals surface area contributed by atoms with Crippen molar-refractivity contribution in [3.05, 3.63) is 35.8 Å². The molecule has 1 amide bonds. The number of carbonyl (C=O) groups excluding carboxylic acids is 1. The Hall–Kier alpha value is -2.94. The third-order valence-corrected chi connectivity index (χ3v) is 4.95. The highest BCUT2D eigenvalue weighted by atomic mass is 19.1. The second kappa shape index (κ2) is 9.71. The number of nitrogens with two attached hydrogens (primary N) is 2. The third kappa shape index (κ3) is 5.56. The number of nitrogens with zero attached hydrogens (tertiary/aromatic N) is 2. The molecule has 1 aliphatic rings. The number of carbonyl (C=O) groups is 1. The maximum atomic E-state index is 14.6. The molecule has 30 heavy (non-hydrogen) atoms. The van der Waals surface area contributed by atoms with Crippen molar-refractivity contribution in [1.82, 2.24) is 9.97 Å². The molecule has 6 N–H and O–H groups in total. The number of halogens is 1. The summed E-state index contributed by atoms with van der Waals surface area (Å²) in [6.45, 7) is 4.60. The van der Waals surface area contributed by atoms with Crippen molar-refractivity contribution in [2.45, 2.75) is 51.6 Å². The van der Waals surface area contributed by atoms with Gasteiger partial charge in [0, 0.05) is 30.0 Å². The Kier molecular flexibility index (Phi) is 7.04. The van der Waals surface area contributed by atoms with E-state index < -0.39 is 11.7 Å². The molecule has 2 heterocycles. The van der Waals surface area contributed by atoms with Gasteiger partial charge >= 0.3 is 0 Å². The van der Waals surface area contributed by atoms with Crippen molar-refractivity contribution >= 4 is 23.2 Å². The molecule has 0 aromatic carbocycles. The zero-order valence-electron chi connectivity index (χ0n) is 17.3. The van der Waals surface area contributed by atoms with Crippen LogP contribution in [0.15, 0.2) is 24.4 Å². The van der Waals surface area contributed by atoms with E-state index in [1.807, 2.05) is 13.8 Å². The molecule has 9 heteroatoms. The zero-order chi connectivity index (χ0) is 21.7. The number of amides is 1. The second-order valence-corrected chi connectivity index (χ2v) is 7.99. The summed E-state index contributed by atoms with van der Waals surface area (Å²) < 4.78 is 20.2. The van der Waals surface area contributed by atoms with Crippen LogP contribution in [0.3, 0.4) is 0 Å². The van der Waals surface area contributed by atoms with Gasteiger partial charge < -0.3 is 26.8 Å². The summed E-state index contributed by atoms with van der Waals surface area (Å²) >= 11 is 0. The molecule has 0 spiro atoms. The Morgan fingerprint density at radius 2 is 2.07 bits per heavy atom. The first kappa shape index (κ1) is 21.8. The van der Waals surface area contributed by atoms with E-state index in [1.54, 1.807) is 18.3 Å². The first-order valence-corrected chi connectivity index (χ1v) is 10.2. The Morgan fingerprint density at radius 1 is 1.30 bits per heavy atom. The van der Waals surface area contributed by atoms with Crippen molar-refractivity contribution in [3.63, 3.8) is 0 Å². The maximum Gasteiger partial charge on any atom is 0.252 e. The van der Waals surface area contributed by atoms with Crippen LogP contribution in [0.1, 0.15) is 49.9 Å². The number of ether oxygens (including phenoxy) is 1. The van der Waals surface area contributed by atoms with Gasteiger partial charge in [0.25, 0.3) is 5.91 Å². The number of aromatic nitrogens is 2. The van der Waals surface area contributed by atoms with E-state index in [1.165, 1.54) is 0 Å². The monoisotopic (exact) mass is 416 g/mol. The molecule has 1 unspecified atom stereocenters. The fourth-order valence-electron chi connectivity index (χ4n) is 3.34. The number of pyridine rings is 2. The van der Waals surface area contributed by atoms with Crippen LogP contribution in [-0.2, 0) is 0 Å². The van der Waals surface area contributed by atoms with Crippen LogP contribution < -0.4 is 26.8 Å². The molecule has 8 nitrogen and oxygen atoms in total. The molecule has 0 aliphatic heterocycles. The van der Waals surface area contributed by atoms with Gasteiger partial charge in [-0.2, -0.15) is 0 Å². The van der Waals surface area contributed by atoms with Crippen LogP contribution >= 0.6 is 0 Å². The fourth-order valence-corrected chi connectivity index (χ4v) is 3.34. The average Bonchev–Trinajstić information content (AvgIpc) is 2.70. The maximum absolute atomic E-state index is 14.6. The Balaban J connectivity index is 1.85. The molecule has 0 bridgehead atoms. The molecule has 2 aromatic heterocycles. The first-order chi connectivity index (χ1) is 14.3. The quantitative estimate of drug-likeness (QED) is 0.520. The van der Waals surface area contributed by atoms with Gasteiger partial charge in [-0.05, 0) is 30.9 Å². The molecule has 0 radical (unpaired) electrons. The van der Waals surface area contributed by atoms with Crippen LogP contribution in [0.2, 0.25) is 0 Å². The van der Waals surface area contributed by atoms with E-state index >= 15 is 0 Å². The van der Waals surface area contributed by atoms with Gasteiger partial charge in [0.15, 0.2) is 11.6 Å². The zero-order valence-corrected chi connectivity index (χ0v) is 17.3. The average molecular weight is 417 g/mol. The topological polar surface area (TPSA) is 128 Å². The highest BCUT2D eigenvalue weighted by molar-refractivity contribution is 5.98. The number of nitrogens with one attached hydrogen (secondary N) is 2. The fraction of sp³-hybridized carbons (Fsp3) is 0.476. The van der Waals surface area contributed by atoms with Crippen LogP contribution in [-0.4, -0.2) is 34.6 Å². The van der Waals surface area contributed by atoms with Crippen LogP contribution in [0.4, 0.5) is 21.7 Å². The molecule has 0 saturated heterocycles. The Bertz CT molecular complexity index is 892. The second-order valence-electron chi connectivity index (χ2n) is 7.99. The molecule has 3 rings (SSSR count). The number of rotatable bonds is 8. The van der Waals surface area contributed by atoms with E-state index in [2.05, 4.69) is 20.6 Å². The standard InChI is InChI=1S/C21H29FN6O2/c1-12(2)11-30-18-9-13(7-8-25-18)26-20-14(19(24)29)10-15(22)21(28-20)27-17-6-4-3-5-16(17)23/h7-10,12,16-17H,3-6,11,23H2,1-2H3,(H2,24,29)(H2,25,26,27,28)/t16-,17?/m0/s1. The third-order valence-electron chi connectivity index (χ3n) is 4.95. The smallest absolute Gasteiger partial charge is 0.252 e. The van der Waals surface area contributed by atoms with Crippen molar-refractivity contribution in [1.29, 1.82) is 0 Å². The Morgan fingerprint density at radius 3 is 2.77 bits per heavy atom. The molecular formula is C21H29FN6O2. The van der Waals surface area contributed by atoms with Gasteiger partial charge in [-0.3, -0.25) is 4.79 Å². The van der Waals surface area contributed by atoms with E-state index in [4.69, 9.17) is 16.2 Å². The predicted octanol–water partition coefficient (Wildman–Crippen LogP) is 3.17. The number of hydrogen-bond acceptors (Lipinski definition) is 7. The normalized spacial score (nSPS) is 18.8. The highest BCUT2D eigenvalue weighted by Gasteiger charge is 2.24. The number of primary amides is 1. The summed E-state index contributed by atoms with van der Waals surface area (Å²) in [4.78, 5) is 20.3. The van der Waals surface area contributed by atoms with Gasteiger partial charge in [0.2, 0.25) is 5.88 Å². The summed E-state index contributed by atoms with van der Waals surface area (Å²) in [5.74, 6) is -0.462. The lowest BCUT2D eigenvalue weighted by molar-refractivity contribution is 0.100. The largest absolute Gasteiger partial charge is 0.477 e. The molecule has 1 saturated carbocycles. The van der Waals surface area contributed by atoms with E-state index in [0.717, 1.165) is 31.7 Å². The summed E-state index contributed by atoms with van der Waals surface area (Å²) in [7, 11) is 0. The minimum Gasteiger partial charge on any atom is -0.477 e. The summed E-state index contributed by atoms with van der Waals surface area (Å²) in [5.41, 5.74) is 12.1. The van der Waals surface area contributed by atoms with Crippen molar-refractivity contribution in [2.24, 2.45) is 17.4 Å².